The molecule has 0 radical (unpaired) electrons. The number of piperazine rings is 1. The molecule has 2 aliphatic heterocycles. The number of nitrogens with zero attached hydrogens (tertiary/aromatic N) is 7. The smallest absolute Gasteiger partial charge is 0.165 e. The van der Waals surface area contributed by atoms with E-state index in [9.17, 15) is 0 Å². The summed E-state index contributed by atoms with van der Waals surface area (Å²) in [5.74, 6) is 0.989. The van der Waals surface area contributed by atoms with E-state index in [0.717, 1.165) is 64.5 Å². The fourth-order valence-electron chi connectivity index (χ4n) is 2.75. The minimum absolute atomic E-state index is 0.635. The van der Waals surface area contributed by atoms with Crippen molar-refractivity contribution in [3.05, 3.63) is 5.82 Å². The maximum absolute atomic E-state index is 4.64. The van der Waals surface area contributed by atoms with Gasteiger partial charge in [-0.1, -0.05) is 32.0 Å². The zero-order valence-corrected chi connectivity index (χ0v) is 14.3. The summed E-state index contributed by atoms with van der Waals surface area (Å²) < 4.78 is 1.95. The third kappa shape index (κ3) is 3.78. The average molecular weight is 323 g/mol. The zero-order valence-electron chi connectivity index (χ0n) is 13.5. The summed E-state index contributed by atoms with van der Waals surface area (Å²) >= 11 is 1.91. The Morgan fingerprint density at radius 3 is 2.73 bits per heavy atom. The minimum atomic E-state index is 0.635. The van der Waals surface area contributed by atoms with Crippen molar-refractivity contribution in [1.29, 1.82) is 0 Å². The lowest BCUT2D eigenvalue weighted by molar-refractivity contribution is 0.171. The van der Waals surface area contributed by atoms with Crippen LogP contribution in [-0.2, 0) is 13.1 Å². The van der Waals surface area contributed by atoms with Gasteiger partial charge in [0.05, 0.1) is 13.1 Å². The molecule has 0 bridgehead atoms. The number of thioether (sulfide) groups is 1. The van der Waals surface area contributed by atoms with Crippen LogP contribution in [0.1, 0.15) is 32.5 Å². The van der Waals surface area contributed by atoms with Crippen LogP contribution in [-0.4, -0.2) is 73.1 Å². The number of aliphatic imine (C=N–C) groups is 1. The van der Waals surface area contributed by atoms with E-state index >= 15 is 0 Å². The molecule has 0 unspecified atom stereocenters. The number of aromatic nitrogens is 4. The molecule has 7 nitrogen and oxygen atoms in total. The molecule has 0 N–H and O–H groups in total. The van der Waals surface area contributed by atoms with E-state index in [0.29, 0.717) is 5.25 Å². The molecule has 1 atom stereocenters. The standard InChI is InChI=1S/C14H25N7S/c1-3-4-5-21-13(16-17-18-21)11-19-6-8-20(9-7-19)14-15-10-12(2)22-14/h12H,3-11H2,1-2H3/t12-/m0/s1. The van der Waals surface area contributed by atoms with Gasteiger partial charge in [0.1, 0.15) is 0 Å². The van der Waals surface area contributed by atoms with Gasteiger partial charge in [-0.2, -0.15) is 0 Å². The van der Waals surface area contributed by atoms with Crippen molar-refractivity contribution in [2.24, 2.45) is 4.99 Å². The molecule has 3 heterocycles. The summed E-state index contributed by atoms with van der Waals surface area (Å²) in [5.41, 5.74) is 0. The molecule has 1 aromatic rings. The largest absolute Gasteiger partial charge is 0.349 e. The molecule has 8 heteroatoms. The van der Waals surface area contributed by atoms with Crippen LogP contribution in [0.15, 0.2) is 4.99 Å². The lowest BCUT2D eigenvalue weighted by Crippen LogP contribution is -2.47. The van der Waals surface area contributed by atoms with Gasteiger partial charge in [0.25, 0.3) is 0 Å². The Bertz CT molecular complexity index is 507. The first kappa shape index (κ1) is 15.7. The summed E-state index contributed by atoms with van der Waals surface area (Å²) in [6.45, 7) is 11.4. The number of amidine groups is 1. The molecule has 1 saturated heterocycles. The molecule has 0 amide bonds. The van der Waals surface area contributed by atoms with Crippen LogP contribution in [0.4, 0.5) is 0 Å². The third-order valence-electron chi connectivity index (χ3n) is 4.13. The second kappa shape index (κ2) is 7.41. The molecule has 1 aromatic heterocycles. The van der Waals surface area contributed by atoms with Crippen molar-refractivity contribution in [2.45, 2.75) is 45.0 Å². The molecule has 0 aliphatic carbocycles. The predicted molar refractivity (Wildman–Crippen MR) is 88.9 cm³/mol. The van der Waals surface area contributed by atoms with Crippen LogP contribution in [0.3, 0.4) is 0 Å². The number of aryl methyl sites for hydroxylation is 1. The van der Waals surface area contributed by atoms with E-state index in [-0.39, 0.29) is 0 Å². The average Bonchev–Trinajstić information content (AvgIpc) is 3.15. The van der Waals surface area contributed by atoms with Crippen LogP contribution >= 0.6 is 11.8 Å². The number of unbranched alkanes of at least 4 members (excludes halogenated alkanes) is 1. The molecule has 122 valence electrons. The van der Waals surface area contributed by atoms with Crippen molar-refractivity contribution in [2.75, 3.05) is 32.7 Å². The van der Waals surface area contributed by atoms with Crippen LogP contribution in [0.2, 0.25) is 0 Å². The normalized spacial score (nSPS) is 23.1. The zero-order chi connectivity index (χ0) is 15.4. The Kier molecular flexibility index (Phi) is 5.30. The summed E-state index contributed by atoms with van der Waals surface area (Å²) in [4.78, 5) is 9.50. The second-order valence-corrected chi connectivity index (χ2v) is 7.39. The maximum atomic E-state index is 4.64. The molecule has 0 aromatic carbocycles. The Balaban J connectivity index is 1.49. The van der Waals surface area contributed by atoms with E-state index in [1.807, 2.05) is 16.4 Å². The van der Waals surface area contributed by atoms with Gasteiger partial charge in [-0.05, 0) is 16.8 Å². The van der Waals surface area contributed by atoms with Crippen molar-refractivity contribution < 1.29 is 0 Å². The predicted octanol–water partition coefficient (Wildman–Crippen LogP) is 1.08. The van der Waals surface area contributed by atoms with E-state index in [4.69, 9.17) is 0 Å². The highest BCUT2D eigenvalue weighted by Gasteiger charge is 2.25. The first-order chi connectivity index (χ1) is 10.8. The number of tetrazole rings is 1. The summed E-state index contributed by atoms with van der Waals surface area (Å²) in [6.07, 6.45) is 2.29. The van der Waals surface area contributed by atoms with Crippen molar-refractivity contribution in [3.63, 3.8) is 0 Å². The monoisotopic (exact) mass is 323 g/mol. The third-order valence-corrected chi connectivity index (χ3v) is 5.28. The first-order valence-corrected chi connectivity index (χ1v) is 9.07. The van der Waals surface area contributed by atoms with Gasteiger partial charge in [0, 0.05) is 38.0 Å². The van der Waals surface area contributed by atoms with Gasteiger partial charge in [0.15, 0.2) is 11.0 Å². The van der Waals surface area contributed by atoms with Crippen LogP contribution in [0.5, 0.6) is 0 Å². The molecule has 3 rings (SSSR count). The lowest BCUT2D eigenvalue weighted by Gasteiger charge is -2.35. The fourth-order valence-corrected chi connectivity index (χ4v) is 3.74. The van der Waals surface area contributed by atoms with Crippen LogP contribution < -0.4 is 0 Å². The highest BCUT2D eigenvalue weighted by atomic mass is 32.2. The molecule has 0 spiro atoms. The van der Waals surface area contributed by atoms with E-state index < -0.39 is 0 Å². The van der Waals surface area contributed by atoms with E-state index in [1.54, 1.807) is 0 Å². The van der Waals surface area contributed by atoms with Crippen molar-refractivity contribution in [3.8, 4) is 0 Å². The molecule has 2 aliphatic rings. The Hall–Kier alpha value is -1.15. The van der Waals surface area contributed by atoms with Gasteiger partial charge in [0.2, 0.25) is 0 Å². The lowest BCUT2D eigenvalue weighted by atomic mass is 10.3. The van der Waals surface area contributed by atoms with E-state index in [1.165, 1.54) is 5.17 Å². The number of hydrogen-bond donors (Lipinski definition) is 0. The van der Waals surface area contributed by atoms with Crippen LogP contribution in [0, 0.1) is 0 Å². The molecular weight excluding hydrogens is 298 g/mol. The van der Waals surface area contributed by atoms with Gasteiger partial charge in [-0.15, -0.1) is 5.10 Å². The Labute approximate surface area is 136 Å². The molecule has 22 heavy (non-hydrogen) atoms. The van der Waals surface area contributed by atoms with Crippen LogP contribution in [0.25, 0.3) is 0 Å². The van der Waals surface area contributed by atoms with Gasteiger partial charge in [-0.25, -0.2) is 4.68 Å². The quantitative estimate of drug-likeness (QED) is 0.808. The van der Waals surface area contributed by atoms with Crippen molar-refractivity contribution in [1.82, 2.24) is 30.0 Å². The maximum Gasteiger partial charge on any atom is 0.165 e. The highest BCUT2D eigenvalue weighted by molar-refractivity contribution is 8.14. The second-order valence-electron chi connectivity index (χ2n) is 5.99. The van der Waals surface area contributed by atoms with Gasteiger partial charge in [-0.3, -0.25) is 9.89 Å². The summed E-state index contributed by atoms with van der Waals surface area (Å²) in [6, 6.07) is 0. The SMILES string of the molecule is CCCCn1nnnc1CN1CCN(C2=NC[C@H](C)S2)CC1. The first-order valence-electron chi connectivity index (χ1n) is 8.19. The molecule has 1 fully saturated rings. The minimum Gasteiger partial charge on any atom is -0.349 e. The van der Waals surface area contributed by atoms with E-state index in [2.05, 4.69) is 44.2 Å². The Morgan fingerprint density at radius 1 is 1.23 bits per heavy atom. The van der Waals surface area contributed by atoms with Gasteiger partial charge >= 0.3 is 0 Å². The fraction of sp³-hybridized carbons (Fsp3) is 0.857. The molecule has 0 saturated carbocycles. The van der Waals surface area contributed by atoms with Crippen molar-refractivity contribution >= 4 is 16.9 Å². The topological polar surface area (TPSA) is 62.4 Å². The number of hydrogen-bond acceptors (Lipinski definition) is 7. The highest BCUT2D eigenvalue weighted by Crippen LogP contribution is 2.23. The number of rotatable bonds is 5. The van der Waals surface area contributed by atoms with Gasteiger partial charge < -0.3 is 4.90 Å². The Morgan fingerprint density at radius 2 is 2.05 bits per heavy atom. The summed E-state index contributed by atoms with van der Waals surface area (Å²) in [7, 11) is 0. The molecular formula is C14H25N7S. The summed E-state index contributed by atoms with van der Waals surface area (Å²) in [5, 5.41) is 14.0.